The van der Waals surface area contributed by atoms with Crippen LogP contribution in [0, 0.1) is 0 Å². The topological polar surface area (TPSA) is 44.9 Å². The number of benzene rings is 1. The number of alkyl halides is 2. The fraction of sp³-hybridized carbons (Fsp3) is 0.250. The van der Waals surface area contributed by atoms with Gasteiger partial charge in [-0.3, -0.25) is 4.79 Å². The molecule has 17 heavy (non-hydrogen) atoms. The van der Waals surface area contributed by atoms with E-state index in [0.717, 1.165) is 16.5 Å². The van der Waals surface area contributed by atoms with Crippen molar-refractivity contribution in [3.8, 4) is 0 Å². The van der Waals surface area contributed by atoms with Crippen LogP contribution in [-0.2, 0) is 11.2 Å². The fourth-order valence-corrected chi connectivity index (χ4v) is 1.76. The molecule has 0 saturated heterocycles. The van der Waals surface area contributed by atoms with E-state index >= 15 is 0 Å². The van der Waals surface area contributed by atoms with Crippen LogP contribution in [0.5, 0.6) is 0 Å². The van der Waals surface area contributed by atoms with Gasteiger partial charge in [-0.15, -0.1) is 0 Å². The van der Waals surface area contributed by atoms with Crippen LogP contribution in [0.25, 0.3) is 10.9 Å². The van der Waals surface area contributed by atoms with Gasteiger partial charge >= 0.3 is 6.43 Å². The predicted molar refractivity (Wildman–Crippen MR) is 61.0 cm³/mol. The third kappa shape index (κ3) is 2.61. The van der Waals surface area contributed by atoms with Crippen LogP contribution in [0.4, 0.5) is 8.78 Å². The molecule has 5 heteroatoms. The molecule has 0 unspecified atom stereocenters. The van der Waals surface area contributed by atoms with Crippen LogP contribution in [0.1, 0.15) is 5.56 Å². The van der Waals surface area contributed by atoms with Gasteiger partial charge in [0.15, 0.2) is 0 Å². The molecule has 1 amide bonds. The Morgan fingerprint density at radius 2 is 2.18 bits per heavy atom. The number of amides is 1. The predicted octanol–water partition coefficient (Wildman–Crippen LogP) is 2.09. The minimum Gasteiger partial charge on any atom is -0.361 e. The molecule has 0 radical (unpaired) electrons. The first-order valence-electron chi connectivity index (χ1n) is 5.29. The summed E-state index contributed by atoms with van der Waals surface area (Å²) in [6.07, 6.45) is -0.598. The molecule has 0 saturated carbocycles. The molecule has 0 bridgehead atoms. The highest BCUT2D eigenvalue weighted by atomic mass is 19.3. The second kappa shape index (κ2) is 4.95. The number of nitrogens with one attached hydrogen (secondary N) is 2. The van der Waals surface area contributed by atoms with Gasteiger partial charge in [0.2, 0.25) is 0 Å². The van der Waals surface area contributed by atoms with Crippen molar-refractivity contribution < 1.29 is 13.6 Å². The maximum absolute atomic E-state index is 11.9. The summed E-state index contributed by atoms with van der Waals surface area (Å²) in [4.78, 5) is 13.8. The Bertz CT molecular complexity index is 522. The smallest absolute Gasteiger partial charge is 0.315 e. The average Bonchev–Trinajstić information content (AvgIpc) is 2.77. The maximum atomic E-state index is 11.9. The molecular weight excluding hydrogens is 226 g/mol. The third-order valence-corrected chi connectivity index (χ3v) is 2.57. The highest BCUT2D eigenvalue weighted by Crippen LogP contribution is 2.16. The molecule has 0 fully saturated rings. The van der Waals surface area contributed by atoms with E-state index in [4.69, 9.17) is 0 Å². The lowest BCUT2D eigenvalue weighted by molar-refractivity contribution is -0.131. The number of rotatable bonds is 4. The SMILES string of the molecule is O=C(NCCc1cccc2cc[nH]c12)C(F)F. The second-order valence-corrected chi connectivity index (χ2v) is 3.70. The van der Waals surface area contributed by atoms with Crippen LogP contribution in [0.3, 0.4) is 0 Å². The van der Waals surface area contributed by atoms with E-state index in [0.29, 0.717) is 6.42 Å². The number of hydrogen-bond acceptors (Lipinski definition) is 1. The molecule has 1 aromatic carbocycles. The lowest BCUT2D eigenvalue weighted by Crippen LogP contribution is -2.31. The summed E-state index contributed by atoms with van der Waals surface area (Å²) in [6.45, 7) is 0.210. The largest absolute Gasteiger partial charge is 0.361 e. The van der Waals surface area contributed by atoms with E-state index in [1.54, 1.807) is 0 Å². The van der Waals surface area contributed by atoms with E-state index < -0.39 is 12.3 Å². The van der Waals surface area contributed by atoms with Gasteiger partial charge in [-0.1, -0.05) is 18.2 Å². The van der Waals surface area contributed by atoms with E-state index in [1.165, 1.54) is 0 Å². The number of aromatic nitrogens is 1. The zero-order chi connectivity index (χ0) is 12.3. The van der Waals surface area contributed by atoms with Crippen molar-refractivity contribution in [3.05, 3.63) is 36.0 Å². The van der Waals surface area contributed by atoms with Crippen molar-refractivity contribution in [3.63, 3.8) is 0 Å². The van der Waals surface area contributed by atoms with Crippen LogP contribution in [-0.4, -0.2) is 23.9 Å². The van der Waals surface area contributed by atoms with Crippen LogP contribution in [0.2, 0.25) is 0 Å². The molecule has 1 heterocycles. The molecule has 2 rings (SSSR count). The van der Waals surface area contributed by atoms with Gasteiger partial charge in [0, 0.05) is 18.3 Å². The van der Waals surface area contributed by atoms with Crippen molar-refractivity contribution in [1.82, 2.24) is 10.3 Å². The van der Waals surface area contributed by atoms with E-state index in [1.807, 2.05) is 30.5 Å². The summed E-state index contributed by atoms with van der Waals surface area (Å²) in [7, 11) is 0. The first kappa shape index (κ1) is 11.6. The number of H-pyrrole nitrogens is 1. The first-order chi connectivity index (χ1) is 8.18. The van der Waals surface area contributed by atoms with Crippen molar-refractivity contribution in [1.29, 1.82) is 0 Å². The fourth-order valence-electron chi connectivity index (χ4n) is 1.76. The highest BCUT2D eigenvalue weighted by molar-refractivity contribution is 5.82. The van der Waals surface area contributed by atoms with E-state index in [9.17, 15) is 13.6 Å². The zero-order valence-corrected chi connectivity index (χ0v) is 9.04. The first-order valence-corrected chi connectivity index (χ1v) is 5.29. The maximum Gasteiger partial charge on any atom is 0.315 e. The highest BCUT2D eigenvalue weighted by Gasteiger charge is 2.13. The summed E-state index contributed by atoms with van der Waals surface area (Å²) in [5.74, 6) is -1.22. The van der Waals surface area contributed by atoms with Crippen molar-refractivity contribution >= 4 is 16.8 Å². The van der Waals surface area contributed by atoms with Gasteiger partial charge < -0.3 is 10.3 Å². The lowest BCUT2D eigenvalue weighted by Gasteiger charge is -2.05. The Morgan fingerprint density at radius 3 is 2.94 bits per heavy atom. The monoisotopic (exact) mass is 238 g/mol. The molecule has 90 valence electrons. The second-order valence-electron chi connectivity index (χ2n) is 3.70. The quantitative estimate of drug-likeness (QED) is 0.841. The van der Waals surface area contributed by atoms with Gasteiger partial charge in [0.1, 0.15) is 0 Å². The van der Waals surface area contributed by atoms with Gasteiger partial charge in [0.05, 0.1) is 0 Å². The Balaban J connectivity index is 1.99. The van der Waals surface area contributed by atoms with Crippen molar-refractivity contribution in [2.24, 2.45) is 0 Å². The van der Waals surface area contributed by atoms with E-state index in [-0.39, 0.29) is 6.54 Å². The van der Waals surface area contributed by atoms with Crippen LogP contribution < -0.4 is 5.32 Å². The Labute approximate surface area is 96.8 Å². The molecule has 0 aliphatic rings. The minimum absolute atomic E-state index is 0.210. The number of hydrogen-bond donors (Lipinski definition) is 2. The van der Waals surface area contributed by atoms with E-state index in [2.05, 4.69) is 10.3 Å². The normalized spacial score (nSPS) is 11.0. The number of fused-ring (bicyclic) bond motifs is 1. The van der Waals surface area contributed by atoms with Crippen LogP contribution >= 0.6 is 0 Å². The summed E-state index contributed by atoms with van der Waals surface area (Å²) in [5, 5.41) is 3.26. The standard InChI is InChI=1S/C12H12F2N2O/c13-11(14)12(17)16-7-5-9-3-1-2-8-4-6-15-10(8)9/h1-4,6,11,15H,5,7H2,(H,16,17). The summed E-state index contributed by atoms with van der Waals surface area (Å²) in [5.41, 5.74) is 1.99. The number of carbonyl (C=O) groups is 1. The molecule has 3 nitrogen and oxygen atoms in total. The Hall–Kier alpha value is -1.91. The number of carbonyl (C=O) groups excluding carboxylic acids is 1. The molecule has 0 aliphatic heterocycles. The molecule has 1 aromatic heterocycles. The third-order valence-electron chi connectivity index (χ3n) is 2.57. The molecule has 0 aliphatic carbocycles. The average molecular weight is 238 g/mol. The van der Waals surface area contributed by atoms with Gasteiger partial charge in [-0.25, -0.2) is 0 Å². The van der Waals surface area contributed by atoms with Crippen LogP contribution in [0.15, 0.2) is 30.5 Å². The van der Waals surface area contributed by atoms with Crippen molar-refractivity contribution in [2.75, 3.05) is 6.54 Å². The molecule has 0 atom stereocenters. The summed E-state index contributed by atoms with van der Waals surface area (Å²) in [6, 6.07) is 7.72. The molecule has 2 aromatic rings. The minimum atomic E-state index is -2.95. The van der Waals surface area contributed by atoms with Gasteiger partial charge in [-0.2, -0.15) is 8.78 Å². The number of para-hydroxylation sites is 1. The molecular formula is C12H12F2N2O. The summed E-state index contributed by atoms with van der Waals surface area (Å²) >= 11 is 0. The van der Waals surface area contributed by atoms with Crippen molar-refractivity contribution in [2.45, 2.75) is 12.8 Å². The lowest BCUT2D eigenvalue weighted by atomic mass is 10.1. The molecule has 2 N–H and O–H groups in total. The van der Waals surface area contributed by atoms with Gasteiger partial charge in [0.25, 0.3) is 5.91 Å². The summed E-state index contributed by atoms with van der Waals surface area (Å²) < 4.78 is 23.9. The Morgan fingerprint density at radius 1 is 1.35 bits per heavy atom. The molecule has 0 spiro atoms. The Kier molecular flexibility index (Phi) is 3.37. The van der Waals surface area contributed by atoms with Gasteiger partial charge in [-0.05, 0) is 23.4 Å². The zero-order valence-electron chi connectivity index (χ0n) is 9.04. The number of halogens is 2. The number of aromatic amines is 1.